The van der Waals surface area contributed by atoms with E-state index in [4.69, 9.17) is 23.7 Å². The van der Waals surface area contributed by atoms with E-state index in [1.54, 1.807) is 7.11 Å². The van der Waals surface area contributed by atoms with Crippen molar-refractivity contribution < 1.29 is 33.3 Å². The van der Waals surface area contributed by atoms with Crippen molar-refractivity contribution in [3.63, 3.8) is 0 Å². The van der Waals surface area contributed by atoms with Gasteiger partial charge in [-0.3, -0.25) is 4.79 Å². The molecule has 0 aliphatic rings. The number of ketones is 1. The molecule has 0 amide bonds. The number of aromatic nitrogens is 1. The Morgan fingerprint density at radius 2 is 1.50 bits per heavy atom. The molecule has 1 aromatic carbocycles. The van der Waals surface area contributed by atoms with Crippen molar-refractivity contribution in [3.05, 3.63) is 40.7 Å². The molecule has 0 aliphatic carbocycles. The van der Waals surface area contributed by atoms with Gasteiger partial charge in [0, 0.05) is 49.3 Å². The summed E-state index contributed by atoms with van der Waals surface area (Å²) in [4.78, 5) is 25.3. The second-order valence-electron chi connectivity index (χ2n) is 6.69. The number of Topliss-reactive ketones (excluding diaryl/α,β-unsaturated/α-hetero) is 1. The van der Waals surface area contributed by atoms with E-state index in [2.05, 4.69) is 4.57 Å². The van der Waals surface area contributed by atoms with Gasteiger partial charge in [-0.15, -0.1) is 0 Å². The van der Waals surface area contributed by atoms with Crippen LogP contribution in [0.15, 0.2) is 18.2 Å². The number of carbonyl (C=O) groups excluding carboxylic acids is 2. The van der Waals surface area contributed by atoms with Crippen LogP contribution in [-0.2, 0) is 16.0 Å². The van der Waals surface area contributed by atoms with E-state index in [0.717, 1.165) is 24.4 Å². The van der Waals surface area contributed by atoms with E-state index in [0.29, 0.717) is 23.7 Å². The molecule has 0 bridgehead atoms. The van der Waals surface area contributed by atoms with Crippen molar-refractivity contribution in [2.24, 2.45) is 0 Å². The average molecular weight is 419 g/mol. The molecule has 0 saturated carbocycles. The summed E-state index contributed by atoms with van der Waals surface area (Å²) in [5.41, 5.74) is 2.50. The van der Waals surface area contributed by atoms with Gasteiger partial charge in [-0.2, -0.15) is 0 Å². The highest BCUT2D eigenvalue weighted by Gasteiger charge is 2.22. The first-order valence-electron chi connectivity index (χ1n) is 9.53. The highest BCUT2D eigenvalue weighted by atomic mass is 16.5. The third-order valence-electron chi connectivity index (χ3n) is 4.86. The van der Waals surface area contributed by atoms with Crippen LogP contribution in [-0.4, -0.2) is 58.0 Å². The fraction of sp³-hybridized carbons (Fsp3) is 0.455. The normalized spacial score (nSPS) is 10.6. The predicted octanol–water partition coefficient (Wildman–Crippen LogP) is 3.21. The third-order valence-corrected chi connectivity index (χ3v) is 4.86. The number of hydrogen-bond acceptors (Lipinski definition) is 7. The predicted molar refractivity (Wildman–Crippen MR) is 111 cm³/mol. The minimum absolute atomic E-state index is 0.146. The van der Waals surface area contributed by atoms with Gasteiger partial charge < -0.3 is 28.3 Å². The number of carbonyl (C=O) groups is 2. The molecule has 0 radical (unpaired) electrons. The van der Waals surface area contributed by atoms with Crippen LogP contribution >= 0.6 is 0 Å². The van der Waals surface area contributed by atoms with Crippen LogP contribution in [0.5, 0.6) is 17.2 Å². The van der Waals surface area contributed by atoms with Gasteiger partial charge in [0.1, 0.15) is 11.3 Å². The Morgan fingerprint density at radius 1 is 0.867 bits per heavy atom. The molecule has 8 nitrogen and oxygen atoms in total. The lowest BCUT2D eigenvalue weighted by atomic mass is 10.1. The summed E-state index contributed by atoms with van der Waals surface area (Å²) in [5.74, 6) is 0.0874. The van der Waals surface area contributed by atoms with Crippen LogP contribution in [0.4, 0.5) is 0 Å². The van der Waals surface area contributed by atoms with Crippen molar-refractivity contribution in [3.8, 4) is 17.2 Å². The lowest BCUT2D eigenvalue weighted by molar-refractivity contribution is 0.0471. The smallest absolute Gasteiger partial charge is 0.342 e. The zero-order valence-electron chi connectivity index (χ0n) is 18.4. The van der Waals surface area contributed by atoms with Gasteiger partial charge in [0.2, 0.25) is 5.78 Å². The van der Waals surface area contributed by atoms with Crippen LogP contribution in [0.1, 0.15) is 38.5 Å². The van der Waals surface area contributed by atoms with Crippen molar-refractivity contribution in [1.29, 1.82) is 0 Å². The van der Waals surface area contributed by atoms with Crippen LogP contribution in [0.3, 0.4) is 0 Å². The molecule has 0 saturated heterocycles. The van der Waals surface area contributed by atoms with E-state index in [9.17, 15) is 9.59 Å². The van der Waals surface area contributed by atoms with Crippen molar-refractivity contribution in [1.82, 2.24) is 4.57 Å². The maximum absolute atomic E-state index is 12.7. The topological polar surface area (TPSA) is 85.2 Å². The van der Waals surface area contributed by atoms with E-state index in [-0.39, 0.29) is 23.7 Å². The largest absolute Gasteiger partial charge is 0.496 e. The molecule has 2 rings (SSSR count). The Morgan fingerprint density at radius 3 is 2.10 bits per heavy atom. The molecule has 0 atom stereocenters. The summed E-state index contributed by atoms with van der Waals surface area (Å²) in [5, 5.41) is 0. The molecule has 0 N–H and O–H groups in total. The quantitative estimate of drug-likeness (QED) is 0.314. The molecule has 0 spiro atoms. The van der Waals surface area contributed by atoms with Crippen molar-refractivity contribution in [2.75, 3.05) is 41.7 Å². The monoisotopic (exact) mass is 419 g/mol. The van der Waals surface area contributed by atoms with Crippen LogP contribution in [0.25, 0.3) is 0 Å². The molecule has 1 heterocycles. The van der Waals surface area contributed by atoms with Gasteiger partial charge in [0.25, 0.3) is 0 Å². The first-order chi connectivity index (χ1) is 14.4. The Hall–Kier alpha value is -3.00. The lowest BCUT2D eigenvalue weighted by Crippen LogP contribution is -2.16. The number of nitrogens with zero attached hydrogens (tertiary/aromatic N) is 1. The fourth-order valence-electron chi connectivity index (χ4n) is 3.27. The Labute approximate surface area is 176 Å². The van der Waals surface area contributed by atoms with E-state index >= 15 is 0 Å². The van der Waals surface area contributed by atoms with Crippen molar-refractivity contribution in [2.45, 2.75) is 26.8 Å². The van der Waals surface area contributed by atoms with Gasteiger partial charge in [-0.25, -0.2) is 4.79 Å². The van der Waals surface area contributed by atoms with E-state index < -0.39 is 5.97 Å². The van der Waals surface area contributed by atoms with E-state index in [1.807, 2.05) is 19.9 Å². The second kappa shape index (κ2) is 10.7. The van der Waals surface area contributed by atoms with Gasteiger partial charge >= 0.3 is 5.97 Å². The number of esters is 1. The van der Waals surface area contributed by atoms with Gasteiger partial charge in [-0.1, -0.05) is 0 Å². The number of hydrogen-bond donors (Lipinski definition) is 0. The van der Waals surface area contributed by atoms with Crippen LogP contribution in [0.2, 0.25) is 0 Å². The summed E-state index contributed by atoms with van der Waals surface area (Å²) in [6, 6.07) is 4.81. The summed E-state index contributed by atoms with van der Waals surface area (Å²) in [6.45, 7) is 4.84. The molecular weight excluding hydrogens is 390 g/mol. The summed E-state index contributed by atoms with van der Waals surface area (Å²) in [7, 11) is 6.04. The maximum atomic E-state index is 12.7. The number of benzene rings is 1. The first kappa shape index (κ1) is 23.3. The Balaban J connectivity index is 2.13. The average Bonchev–Trinajstić information content (AvgIpc) is 3.04. The fourth-order valence-corrected chi connectivity index (χ4v) is 3.27. The number of ether oxygens (including phenoxy) is 5. The van der Waals surface area contributed by atoms with E-state index in [1.165, 1.54) is 33.5 Å². The van der Waals surface area contributed by atoms with Crippen LogP contribution < -0.4 is 14.2 Å². The lowest BCUT2D eigenvalue weighted by Gasteiger charge is -2.13. The van der Waals surface area contributed by atoms with Crippen LogP contribution in [0, 0.1) is 13.8 Å². The molecule has 2 aromatic rings. The molecule has 0 unspecified atom stereocenters. The minimum Gasteiger partial charge on any atom is -0.496 e. The Kier molecular flexibility index (Phi) is 8.29. The second-order valence-corrected chi connectivity index (χ2v) is 6.69. The third kappa shape index (κ3) is 5.13. The number of methoxy groups -OCH3 is 4. The zero-order valence-corrected chi connectivity index (χ0v) is 18.4. The highest BCUT2D eigenvalue weighted by molar-refractivity contribution is 6.01. The van der Waals surface area contributed by atoms with Gasteiger partial charge in [0.05, 0.1) is 21.3 Å². The molecule has 164 valence electrons. The first-order valence-corrected chi connectivity index (χ1v) is 9.53. The standard InChI is InChI=1S/C22H29NO7/c1-14-10-16(15(2)23(14)8-7-9-26-3)18(24)13-30-22(25)17-11-20(28-5)21(29-6)12-19(17)27-4/h10-12H,7-9,13H2,1-6H3. The highest BCUT2D eigenvalue weighted by Crippen LogP contribution is 2.35. The van der Waals surface area contributed by atoms with Crippen molar-refractivity contribution >= 4 is 11.8 Å². The summed E-state index contributed by atoms with van der Waals surface area (Å²) >= 11 is 0. The number of aryl methyl sites for hydroxylation is 1. The summed E-state index contributed by atoms with van der Waals surface area (Å²) < 4.78 is 28.1. The SMILES string of the molecule is COCCCn1c(C)cc(C(=O)COC(=O)c2cc(OC)c(OC)cc2OC)c1C. The molecule has 0 aliphatic heterocycles. The number of rotatable bonds is 11. The zero-order chi connectivity index (χ0) is 22.3. The molecular formula is C22H29NO7. The molecule has 30 heavy (non-hydrogen) atoms. The molecule has 0 fully saturated rings. The minimum atomic E-state index is -0.685. The van der Waals surface area contributed by atoms with Gasteiger partial charge in [-0.05, 0) is 26.3 Å². The molecule has 1 aromatic heterocycles. The maximum Gasteiger partial charge on any atom is 0.342 e. The Bertz CT molecular complexity index is 901. The molecule has 8 heteroatoms. The van der Waals surface area contributed by atoms with Gasteiger partial charge in [0.15, 0.2) is 18.1 Å². The summed E-state index contributed by atoms with van der Waals surface area (Å²) in [6.07, 6.45) is 0.842.